The van der Waals surface area contributed by atoms with Crippen LogP contribution in [-0.4, -0.2) is 18.2 Å². The summed E-state index contributed by atoms with van der Waals surface area (Å²) < 4.78 is 11.3. The van der Waals surface area contributed by atoms with Gasteiger partial charge in [0.1, 0.15) is 6.61 Å². The van der Waals surface area contributed by atoms with Crippen LogP contribution in [0, 0.1) is 6.92 Å². The second kappa shape index (κ2) is 7.85. The zero-order chi connectivity index (χ0) is 18.7. The van der Waals surface area contributed by atoms with Crippen molar-refractivity contribution in [2.75, 3.05) is 7.11 Å². The van der Waals surface area contributed by atoms with E-state index in [4.69, 9.17) is 26.8 Å². The normalized spacial score (nSPS) is 15.3. The first-order chi connectivity index (χ1) is 12.5. The van der Waals surface area contributed by atoms with Crippen LogP contribution in [-0.2, 0) is 11.4 Å². The fourth-order valence-electron chi connectivity index (χ4n) is 2.38. The lowest BCUT2D eigenvalue weighted by Gasteiger charge is -2.13. The number of amidine groups is 1. The predicted octanol–water partition coefficient (Wildman–Crippen LogP) is 4.17. The van der Waals surface area contributed by atoms with Gasteiger partial charge in [-0.15, -0.1) is 0 Å². The number of aliphatic imine (C=N–C) groups is 1. The van der Waals surface area contributed by atoms with Crippen LogP contribution in [0.3, 0.4) is 0 Å². The Balaban J connectivity index is 1.82. The lowest BCUT2D eigenvalue weighted by atomic mass is 10.1. The van der Waals surface area contributed by atoms with Crippen molar-refractivity contribution in [2.45, 2.75) is 13.5 Å². The zero-order valence-corrected chi connectivity index (χ0v) is 15.9. The van der Waals surface area contributed by atoms with Crippen LogP contribution >= 0.6 is 23.4 Å². The molecule has 1 aliphatic heterocycles. The molecule has 0 bridgehead atoms. The van der Waals surface area contributed by atoms with E-state index in [9.17, 15) is 4.79 Å². The highest BCUT2D eigenvalue weighted by Gasteiger charge is 2.20. The number of ether oxygens (including phenoxy) is 2. The molecule has 1 heterocycles. The van der Waals surface area contributed by atoms with Crippen LogP contribution in [0.15, 0.2) is 46.3 Å². The Bertz CT molecular complexity index is 908. The van der Waals surface area contributed by atoms with Crippen molar-refractivity contribution in [3.63, 3.8) is 0 Å². The first-order valence-corrected chi connectivity index (χ1v) is 8.99. The molecule has 1 amide bonds. The van der Waals surface area contributed by atoms with E-state index in [1.54, 1.807) is 18.2 Å². The van der Waals surface area contributed by atoms with Crippen LogP contribution < -0.4 is 15.2 Å². The number of benzene rings is 2. The van der Waals surface area contributed by atoms with Gasteiger partial charge in [0.15, 0.2) is 16.7 Å². The van der Waals surface area contributed by atoms with Gasteiger partial charge in [0.05, 0.1) is 17.0 Å². The number of nitrogens with two attached hydrogens (primary N) is 1. The van der Waals surface area contributed by atoms with Gasteiger partial charge in [-0.2, -0.15) is 4.99 Å². The molecular formula is C19H17ClN2O3S. The smallest absolute Gasteiger partial charge is 0.286 e. The molecule has 1 aliphatic rings. The van der Waals surface area contributed by atoms with Gasteiger partial charge in [-0.25, -0.2) is 0 Å². The maximum atomic E-state index is 11.7. The molecule has 3 rings (SSSR count). The number of halogens is 1. The van der Waals surface area contributed by atoms with Crippen molar-refractivity contribution >= 4 is 40.5 Å². The number of hydrogen-bond acceptors (Lipinski definition) is 5. The summed E-state index contributed by atoms with van der Waals surface area (Å²) in [6, 6.07) is 11.5. The molecule has 26 heavy (non-hydrogen) atoms. The lowest BCUT2D eigenvalue weighted by Crippen LogP contribution is -2.01. The number of rotatable bonds is 5. The second-order valence-corrected chi connectivity index (χ2v) is 7.14. The number of carbonyl (C=O) groups is 1. The molecule has 0 fully saturated rings. The van der Waals surface area contributed by atoms with Gasteiger partial charge in [-0.1, -0.05) is 41.4 Å². The summed E-state index contributed by atoms with van der Waals surface area (Å²) in [4.78, 5) is 15.9. The van der Waals surface area contributed by atoms with Gasteiger partial charge < -0.3 is 15.2 Å². The Morgan fingerprint density at radius 2 is 2.00 bits per heavy atom. The molecule has 0 spiro atoms. The molecule has 5 nitrogen and oxygen atoms in total. The number of amides is 1. The standard InChI is InChI=1S/C19H17ClN2O3S/c1-11-3-5-12(6-4-11)10-25-17-14(20)7-13(8-15(17)24-2)9-16-18(23)22-19(21)26-16/h3-9H,10H2,1-2H3,(H2,21,22,23). The average Bonchev–Trinajstić information content (AvgIpc) is 2.92. The van der Waals surface area contributed by atoms with E-state index >= 15 is 0 Å². The molecule has 2 N–H and O–H groups in total. The van der Waals surface area contributed by atoms with E-state index in [2.05, 4.69) is 4.99 Å². The number of thioether (sulfide) groups is 1. The molecule has 0 saturated heterocycles. The minimum Gasteiger partial charge on any atom is -0.493 e. The maximum absolute atomic E-state index is 11.7. The third-order valence-corrected chi connectivity index (χ3v) is 4.78. The molecule has 0 aliphatic carbocycles. The SMILES string of the molecule is COc1cc(C=C2SC(N)=NC2=O)cc(Cl)c1OCc1ccc(C)cc1. The number of hydrogen-bond donors (Lipinski definition) is 1. The Morgan fingerprint density at radius 3 is 2.62 bits per heavy atom. The largest absolute Gasteiger partial charge is 0.493 e. The van der Waals surface area contributed by atoms with E-state index < -0.39 is 0 Å². The van der Waals surface area contributed by atoms with Gasteiger partial charge >= 0.3 is 0 Å². The van der Waals surface area contributed by atoms with E-state index in [0.29, 0.717) is 33.6 Å². The molecule has 0 saturated carbocycles. The second-order valence-electron chi connectivity index (χ2n) is 5.67. The zero-order valence-electron chi connectivity index (χ0n) is 14.3. The van der Waals surface area contributed by atoms with Crippen LogP contribution in [0.4, 0.5) is 0 Å². The summed E-state index contributed by atoms with van der Waals surface area (Å²) in [6.45, 7) is 2.40. The molecular weight excluding hydrogens is 372 g/mol. The van der Waals surface area contributed by atoms with Crippen LogP contribution in [0.1, 0.15) is 16.7 Å². The first-order valence-electron chi connectivity index (χ1n) is 7.80. The molecule has 2 aromatic rings. The Morgan fingerprint density at radius 1 is 1.27 bits per heavy atom. The monoisotopic (exact) mass is 388 g/mol. The molecule has 7 heteroatoms. The van der Waals surface area contributed by atoms with E-state index in [-0.39, 0.29) is 11.1 Å². The van der Waals surface area contributed by atoms with Gasteiger partial charge in [0, 0.05) is 0 Å². The number of nitrogens with zero attached hydrogens (tertiary/aromatic N) is 1. The Kier molecular flexibility index (Phi) is 5.54. The minimum absolute atomic E-state index is 0.234. The number of aryl methyl sites for hydroxylation is 1. The fourth-order valence-corrected chi connectivity index (χ4v) is 3.34. The van der Waals surface area contributed by atoms with Gasteiger partial charge in [-0.05, 0) is 48.0 Å². The summed E-state index contributed by atoms with van der Waals surface area (Å²) in [5.41, 5.74) is 8.48. The third-order valence-electron chi connectivity index (χ3n) is 3.69. The first kappa shape index (κ1) is 18.4. The highest BCUT2D eigenvalue weighted by molar-refractivity contribution is 8.18. The highest BCUT2D eigenvalue weighted by Crippen LogP contribution is 2.38. The third kappa shape index (κ3) is 4.20. The predicted molar refractivity (Wildman–Crippen MR) is 106 cm³/mol. The van der Waals surface area contributed by atoms with E-state index in [1.165, 1.54) is 12.7 Å². The molecule has 0 unspecified atom stereocenters. The van der Waals surface area contributed by atoms with Crippen LogP contribution in [0.2, 0.25) is 5.02 Å². The van der Waals surface area contributed by atoms with E-state index in [1.807, 2.05) is 31.2 Å². The fraction of sp³-hybridized carbons (Fsp3) is 0.158. The topological polar surface area (TPSA) is 73.9 Å². The van der Waals surface area contributed by atoms with Gasteiger partial charge in [0.2, 0.25) is 0 Å². The maximum Gasteiger partial charge on any atom is 0.286 e. The van der Waals surface area contributed by atoms with Crippen molar-refractivity contribution in [3.05, 3.63) is 63.0 Å². The minimum atomic E-state index is -0.359. The quantitative estimate of drug-likeness (QED) is 0.778. The van der Waals surface area contributed by atoms with Crippen molar-refractivity contribution in [3.8, 4) is 11.5 Å². The van der Waals surface area contributed by atoms with Gasteiger partial charge in [-0.3, -0.25) is 4.79 Å². The summed E-state index contributed by atoms with van der Waals surface area (Å²) in [6.07, 6.45) is 1.68. The Hall–Kier alpha value is -2.44. The van der Waals surface area contributed by atoms with Crippen LogP contribution in [0.5, 0.6) is 11.5 Å². The summed E-state index contributed by atoms with van der Waals surface area (Å²) in [7, 11) is 1.54. The molecule has 2 aromatic carbocycles. The van der Waals surface area contributed by atoms with Gasteiger partial charge in [0.25, 0.3) is 5.91 Å². The molecule has 134 valence electrons. The van der Waals surface area contributed by atoms with Crippen LogP contribution in [0.25, 0.3) is 6.08 Å². The molecule has 0 aromatic heterocycles. The van der Waals surface area contributed by atoms with Crippen molar-refractivity contribution < 1.29 is 14.3 Å². The summed E-state index contributed by atoms with van der Waals surface area (Å²) in [5, 5.41) is 0.630. The average molecular weight is 389 g/mol. The Labute approximate surface area is 160 Å². The molecule has 0 radical (unpaired) electrons. The number of methoxy groups -OCH3 is 1. The number of carbonyl (C=O) groups excluding carboxylic acids is 1. The van der Waals surface area contributed by atoms with Crippen molar-refractivity contribution in [1.82, 2.24) is 0 Å². The summed E-state index contributed by atoms with van der Waals surface area (Å²) in [5.74, 6) is 0.584. The van der Waals surface area contributed by atoms with E-state index in [0.717, 1.165) is 17.3 Å². The highest BCUT2D eigenvalue weighted by atomic mass is 35.5. The van der Waals surface area contributed by atoms with Crippen molar-refractivity contribution in [1.29, 1.82) is 0 Å². The lowest BCUT2D eigenvalue weighted by molar-refractivity contribution is -0.113. The van der Waals surface area contributed by atoms with Crippen molar-refractivity contribution in [2.24, 2.45) is 10.7 Å². The summed E-state index contributed by atoms with van der Waals surface area (Å²) >= 11 is 7.50. The molecule has 0 atom stereocenters.